The minimum atomic E-state index is -0.259. The molecule has 94 valence electrons. The highest BCUT2D eigenvalue weighted by atomic mass is 16.5. The third kappa shape index (κ3) is 2.87. The molecule has 0 fully saturated rings. The number of methoxy groups -OCH3 is 1. The number of rotatable bonds is 3. The van der Waals surface area contributed by atoms with E-state index in [4.69, 9.17) is 10.00 Å². The largest absolute Gasteiger partial charge is 0.495 e. The molecular formula is C14H11N3O2. The van der Waals surface area contributed by atoms with Crippen LogP contribution in [0.25, 0.3) is 0 Å². The van der Waals surface area contributed by atoms with Crippen LogP contribution < -0.4 is 10.1 Å². The first kappa shape index (κ1) is 12.6. The Balaban J connectivity index is 2.24. The topological polar surface area (TPSA) is 75.0 Å². The van der Waals surface area contributed by atoms with Gasteiger partial charge >= 0.3 is 0 Å². The molecule has 0 aliphatic heterocycles. The van der Waals surface area contributed by atoms with Crippen molar-refractivity contribution in [1.29, 1.82) is 5.26 Å². The van der Waals surface area contributed by atoms with E-state index in [0.717, 1.165) is 0 Å². The van der Waals surface area contributed by atoms with Gasteiger partial charge in [0.1, 0.15) is 5.75 Å². The molecule has 1 aromatic heterocycles. The molecule has 2 aromatic rings. The molecule has 0 unspecified atom stereocenters. The summed E-state index contributed by atoms with van der Waals surface area (Å²) in [7, 11) is 1.48. The number of anilines is 1. The van der Waals surface area contributed by atoms with Crippen molar-refractivity contribution in [3.05, 3.63) is 53.9 Å². The smallest absolute Gasteiger partial charge is 0.255 e. The Morgan fingerprint density at radius 1 is 1.32 bits per heavy atom. The van der Waals surface area contributed by atoms with Gasteiger partial charge in [-0.05, 0) is 24.3 Å². The second-order valence-corrected chi connectivity index (χ2v) is 3.72. The maximum Gasteiger partial charge on any atom is 0.255 e. The first-order valence-corrected chi connectivity index (χ1v) is 5.54. The van der Waals surface area contributed by atoms with Gasteiger partial charge in [-0.15, -0.1) is 0 Å². The minimum Gasteiger partial charge on any atom is -0.495 e. The predicted molar refractivity (Wildman–Crippen MR) is 69.9 cm³/mol. The van der Waals surface area contributed by atoms with Crippen LogP contribution in [0.1, 0.15) is 15.9 Å². The summed E-state index contributed by atoms with van der Waals surface area (Å²) in [5, 5.41) is 11.5. The van der Waals surface area contributed by atoms with Gasteiger partial charge in [-0.1, -0.05) is 0 Å². The predicted octanol–water partition coefficient (Wildman–Crippen LogP) is 2.21. The van der Waals surface area contributed by atoms with Crippen LogP contribution in [0.4, 0.5) is 5.69 Å². The summed E-state index contributed by atoms with van der Waals surface area (Å²) < 4.78 is 5.15. The fraction of sp³-hybridized carbons (Fsp3) is 0.0714. The molecule has 0 saturated heterocycles. The van der Waals surface area contributed by atoms with E-state index >= 15 is 0 Å². The summed E-state index contributed by atoms with van der Waals surface area (Å²) in [6.45, 7) is 0. The average Bonchev–Trinajstić information content (AvgIpc) is 2.48. The van der Waals surface area contributed by atoms with Crippen LogP contribution in [0, 0.1) is 11.3 Å². The summed E-state index contributed by atoms with van der Waals surface area (Å²) >= 11 is 0. The van der Waals surface area contributed by atoms with Crippen LogP contribution in [0.5, 0.6) is 5.75 Å². The number of nitriles is 1. The SMILES string of the molecule is COc1cc(C#N)ccc1NC(=O)c1ccncc1. The van der Waals surface area contributed by atoms with Crippen molar-refractivity contribution in [2.45, 2.75) is 0 Å². The molecule has 0 aliphatic carbocycles. The fourth-order valence-corrected chi connectivity index (χ4v) is 1.56. The van der Waals surface area contributed by atoms with Crippen molar-refractivity contribution >= 4 is 11.6 Å². The van der Waals surface area contributed by atoms with Crippen LogP contribution in [0.15, 0.2) is 42.7 Å². The number of nitrogens with zero attached hydrogens (tertiary/aromatic N) is 2. The van der Waals surface area contributed by atoms with E-state index in [0.29, 0.717) is 22.6 Å². The highest BCUT2D eigenvalue weighted by Gasteiger charge is 2.10. The van der Waals surface area contributed by atoms with Gasteiger partial charge in [0.05, 0.1) is 24.4 Å². The highest BCUT2D eigenvalue weighted by Crippen LogP contribution is 2.25. The number of hydrogen-bond donors (Lipinski definition) is 1. The van der Waals surface area contributed by atoms with Crippen LogP contribution >= 0.6 is 0 Å². The minimum absolute atomic E-state index is 0.259. The second kappa shape index (κ2) is 5.65. The number of amides is 1. The molecule has 5 heteroatoms. The molecular weight excluding hydrogens is 242 g/mol. The Morgan fingerprint density at radius 3 is 2.68 bits per heavy atom. The van der Waals surface area contributed by atoms with E-state index in [9.17, 15) is 4.79 Å². The zero-order chi connectivity index (χ0) is 13.7. The van der Waals surface area contributed by atoms with Crippen molar-refractivity contribution in [3.8, 4) is 11.8 Å². The summed E-state index contributed by atoms with van der Waals surface area (Å²) in [5.41, 5.74) is 1.49. The van der Waals surface area contributed by atoms with Crippen LogP contribution in [0.3, 0.4) is 0 Å². The number of carbonyl (C=O) groups is 1. The molecule has 19 heavy (non-hydrogen) atoms. The van der Waals surface area contributed by atoms with E-state index in [2.05, 4.69) is 10.3 Å². The number of ether oxygens (including phenoxy) is 1. The van der Waals surface area contributed by atoms with Crippen molar-refractivity contribution < 1.29 is 9.53 Å². The monoisotopic (exact) mass is 253 g/mol. The summed E-state index contributed by atoms with van der Waals surface area (Å²) in [6.07, 6.45) is 3.09. The highest BCUT2D eigenvalue weighted by molar-refractivity contribution is 6.04. The van der Waals surface area contributed by atoms with E-state index in [1.54, 1.807) is 42.7 Å². The molecule has 0 atom stereocenters. The Morgan fingerprint density at radius 2 is 2.05 bits per heavy atom. The van der Waals surface area contributed by atoms with Gasteiger partial charge in [0.15, 0.2) is 0 Å². The normalized spacial score (nSPS) is 9.47. The Hall–Kier alpha value is -2.87. The number of pyridine rings is 1. The number of hydrogen-bond acceptors (Lipinski definition) is 4. The van der Waals surface area contributed by atoms with Crippen molar-refractivity contribution in [1.82, 2.24) is 4.98 Å². The van der Waals surface area contributed by atoms with Crippen molar-refractivity contribution in [3.63, 3.8) is 0 Å². The average molecular weight is 253 g/mol. The number of carbonyl (C=O) groups excluding carboxylic acids is 1. The van der Waals surface area contributed by atoms with Gasteiger partial charge in [0.25, 0.3) is 5.91 Å². The molecule has 1 heterocycles. The van der Waals surface area contributed by atoms with E-state index in [-0.39, 0.29) is 5.91 Å². The third-order valence-electron chi connectivity index (χ3n) is 2.52. The lowest BCUT2D eigenvalue weighted by Gasteiger charge is -2.10. The van der Waals surface area contributed by atoms with Gasteiger partial charge in [-0.25, -0.2) is 0 Å². The van der Waals surface area contributed by atoms with Crippen LogP contribution in [0.2, 0.25) is 0 Å². The Kier molecular flexibility index (Phi) is 3.74. The summed E-state index contributed by atoms with van der Waals surface area (Å²) in [4.78, 5) is 15.8. The van der Waals surface area contributed by atoms with Gasteiger partial charge < -0.3 is 10.1 Å². The Bertz CT molecular complexity index is 633. The summed E-state index contributed by atoms with van der Waals surface area (Å²) in [6, 6.07) is 10.1. The maximum absolute atomic E-state index is 12.0. The third-order valence-corrected chi connectivity index (χ3v) is 2.52. The molecule has 1 N–H and O–H groups in total. The molecule has 2 rings (SSSR count). The number of benzene rings is 1. The Labute approximate surface area is 110 Å². The lowest BCUT2D eigenvalue weighted by atomic mass is 10.2. The fourth-order valence-electron chi connectivity index (χ4n) is 1.56. The van der Waals surface area contributed by atoms with Gasteiger partial charge in [0, 0.05) is 24.0 Å². The van der Waals surface area contributed by atoms with E-state index in [1.807, 2.05) is 6.07 Å². The molecule has 1 aromatic carbocycles. The number of nitrogens with one attached hydrogen (secondary N) is 1. The number of aromatic nitrogens is 1. The van der Waals surface area contributed by atoms with Crippen molar-refractivity contribution in [2.24, 2.45) is 0 Å². The van der Waals surface area contributed by atoms with Gasteiger partial charge in [0.2, 0.25) is 0 Å². The lowest BCUT2D eigenvalue weighted by Crippen LogP contribution is -2.12. The van der Waals surface area contributed by atoms with E-state index in [1.165, 1.54) is 7.11 Å². The molecule has 5 nitrogen and oxygen atoms in total. The molecule has 1 amide bonds. The molecule has 0 aliphatic rings. The summed E-state index contributed by atoms with van der Waals surface area (Å²) in [5.74, 6) is 0.187. The zero-order valence-corrected chi connectivity index (χ0v) is 10.3. The molecule has 0 saturated carbocycles. The van der Waals surface area contributed by atoms with E-state index < -0.39 is 0 Å². The quantitative estimate of drug-likeness (QED) is 0.910. The van der Waals surface area contributed by atoms with Gasteiger partial charge in [-0.3, -0.25) is 9.78 Å². The van der Waals surface area contributed by atoms with Gasteiger partial charge in [-0.2, -0.15) is 5.26 Å². The zero-order valence-electron chi connectivity index (χ0n) is 10.3. The maximum atomic E-state index is 12.0. The van der Waals surface area contributed by atoms with Crippen LogP contribution in [-0.4, -0.2) is 18.0 Å². The first-order valence-electron chi connectivity index (χ1n) is 5.54. The van der Waals surface area contributed by atoms with Crippen molar-refractivity contribution in [2.75, 3.05) is 12.4 Å². The second-order valence-electron chi connectivity index (χ2n) is 3.72. The standard InChI is InChI=1S/C14H11N3O2/c1-19-13-8-10(9-15)2-3-12(13)17-14(18)11-4-6-16-7-5-11/h2-8H,1H3,(H,17,18). The molecule has 0 radical (unpaired) electrons. The lowest BCUT2D eigenvalue weighted by molar-refractivity contribution is 0.102. The molecule has 0 bridgehead atoms. The molecule has 0 spiro atoms. The first-order chi connectivity index (χ1) is 9.24. The van der Waals surface area contributed by atoms with Crippen LogP contribution in [-0.2, 0) is 0 Å².